The molecule has 0 aromatic heterocycles. The Morgan fingerprint density at radius 1 is 1.12 bits per heavy atom. The molecule has 2 aliphatic rings. The number of aryl methyl sites for hydroxylation is 1. The van der Waals surface area contributed by atoms with E-state index in [9.17, 15) is 9.59 Å². The van der Waals surface area contributed by atoms with Crippen LogP contribution in [0, 0.1) is 6.92 Å². The van der Waals surface area contributed by atoms with Crippen LogP contribution >= 0.6 is 0 Å². The van der Waals surface area contributed by atoms with Crippen LogP contribution in [0.2, 0.25) is 0 Å². The lowest BCUT2D eigenvalue weighted by atomic mass is 9.67. The van der Waals surface area contributed by atoms with Crippen molar-refractivity contribution in [2.75, 3.05) is 6.54 Å². The summed E-state index contributed by atoms with van der Waals surface area (Å²) in [5, 5.41) is 6.01. The lowest BCUT2D eigenvalue weighted by molar-refractivity contribution is -0.133. The fraction of sp³-hybridized carbons (Fsp3) is 0.600. The van der Waals surface area contributed by atoms with E-state index in [4.69, 9.17) is 0 Å². The molecule has 1 aromatic rings. The number of rotatable bonds is 3. The van der Waals surface area contributed by atoms with Gasteiger partial charge in [0.1, 0.15) is 6.04 Å². The molecule has 1 saturated carbocycles. The Kier molecular flexibility index (Phi) is 5.22. The number of hydrogen-bond acceptors (Lipinski definition) is 2. The molecule has 2 amide bonds. The van der Waals surface area contributed by atoms with Crippen molar-refractivity contribution in [2.45, 2.75) is 69.7 Å². The second-order valence-corrected chi connectivity index (χ2v) is 7.27. The third-order valence-electron chi connectivity index (χ3n) is 5.64. The van der Waals surface area contributed by atoms with E-state index in [-0.39, 0.29) is 17.9 Å². The first-order valence-corrected chi connectivity index (χ1v) is 9.28. The fourth-order valence-corrected chi connectivity index (χ4v) is 4.26. The lowest BCUT2D eigenvalue weighted by Crippen LogP contribution is -2.53. The van der Waals surface area contributed by atoms with Crippen molar-refractivity contribution in [2.24, 2.45) is 0 Å². The average molecular weight is 328 g/mol. The molecule has 1 atom stereocenters. The topological polar surface area (TPSA) is 58.2 Å². The highest BCUT2D eigenvalue weighted by atomic mass is 16.2. The molecule has 1 saturated heterocycles. The molecule has 0 bridgehead atoms. The first kappa shape index (κ1) is 17.0. The van der Waals surface area contributed by atoms with Gasteiger partial charge in [-0.1, -0.05) is 43.5 Å². The van der Waals surface area contributed by atoms with Crippen LogP contribution in [0.3, 0.4) is 0 Å². The van der Waals surface area contributed by atoms with Gasteiger partial charge < -0.3 is 10.6 Å². The van der Waals surface area contributed by atoms with Gasteiger partial charge in [0, 0.05) is 6.54 Å². The summed E-state index contributed by atoms with van der Waals surface area (Å²) in [6, 6.07) is 7.82. The van der Waals surface area contributed by atoms with E-state index in [1.54, 1.807) is 0 Å². The Morgan fingerprint density at radius 3 is 2.62 bits per heavy atom. The number of nitrogens with one attached hydrogen (secondary N) is 2. The Morgan fingerprint density at radius 2 is 1.88 bits per heavy atom. The average Bonchev–Trinajstić information content (AvgIpc) is 2.80. The van der Waals surface area contributed by atoms with Gasteiger partial charge in [0.2, 0.25) is 11.8 Å². The largest absolute Gasteiger partial charge is 0.354 e. The van der Waals surface area contributed by atoms with Crippen LogP contribution in [-0.4, -0.2) is 24.4 Å². The zero-order chi connectivity index (χ0) is 17.0. The molecule has 4 heteroatoms. The highest BCUT2D eigenvalue weighted by Gasteiger charge is 2.43. The quantitative estimate of drug-likeness (QED) is 0.896. The molecule has 1 heterocycles. The van der Waals surface area contributed by atoms with Crippen molar-refractivity contribution in [3.63, 3.8) is 0 Å². The number of carbonyl (C=O) groups is 2. The van der Waals surface area contributed by atoms with Crippen molar-refractivity contribution >= 4 is 11.8 Å². The summed E-state index contributed by atoms with van der Waals surface area (Å²) in [4.78, 5) is 25.5. The second-order valence-electron chi connectivity index (χ2n) is 7.27. The summed E-state index contributed by atoms with van der Waals surface area (Å²) in [6.07, 6.45) is 7.77. The van der Waals surface area contributed by atoms with E-state index < -0.39 is 5.41 Å². The summed E-state index contributed by atoms with van der Waals surface area (Å²) < 4.78 is 0. The molecule has 130 valence electrons. The minimum absolute atomic E-state index is 0.0309. The summed E-state index contributed by atoms with van der Waals surface area (Å²) in [6.45, 7) is 2.80. The van der Waals surface area contributed by atoms with Gasteiger partial charge in [0.05, 0.1) is 5.41 Å². The summed E-state index contributed by atoms with van der Waals surface area (Å²) in [5.74, 6) is 0.00939. The van der Waals surface area contributed by atoms with Crippen LogP contribution in [0.4, 0.5) is 0 Å². The Bertz CT molecular complexity index is 605. The van der Waals surface area contributed by atoms with Crippen LogP contribution in [0.5, 0.6) is 0 Å². The van der Waals surface area contributed by atoms with Crippen molar-refractivity contribution in [3.8, 4) is 0 Å². The number of amides is 2. The van der Waals surface area contributed by atoms with Gasteiger partial charge in [-0.25, -0.2) is 0 Å². The number of benzene rings is 1. The van der Waals surface area contributed by atoms with Gasteiger partial charge in [-0.15, -0.1) is 0 Å². The Labute approximate surface area is 144 Å². The lowest BCUT2D eigenvalue weighted by Gasteiger charge is -2.38. The van der Waals surface area contributed by atoms with Gasteiger partial charge in [-0.2, -0.15) is 0 Å². The van der Waals surface area contributed by atoms with Gasteiger partial charge in [0.15, 0.2) is 0 Å². The molecule has 2 fully saturated rings. The number of carbonyl (C=O) groups excluding carboxylic acids is 2. The van der Waals surface area contributed by atoms with Crippen LogP contribution < -0.4 is 10.6 Å². The maximum atomic E-state index is 13.3. The molecule has 1 aliphatic carbocycles. The first-order chi connectivity index (χ1) is 11.6. The van der Waals surface area contributed by atoms with Gasteiger partial charge in [-0.05, 0) is 50.2 Å². The van der Waals surface area contributed by atoms with E-state index >= 15 is 0 Å². The van der Waals surface area contributed by atoms with Crippen LogP contribution in [-0.2, 0) is 15.0 Å². The van der Waals surface area contributed by atoms with Crippen LogP contribution in [0.25, 0.3) is 0 Å². The maximum Gasteiger partial charge on any atom is 0.242 e. The van der Waals surface area contributed by atoms with Crippen molar-refractivity contribution in [1.82, 2.24) is 10.6 Å². The highest BCUT2D eigenvalue weighted by molar-refractivity contribution is 5.93. The van der Waals surface area contributed by atoms with Crippen LogP contribution in [0.1, 0.15) is 62.5 Å². The Hall–Kier alpha value is -1.84. The van der Waals surface area contributed by atoms with E-state index in [1.807, 2.05) is 12.1 Å². The monoisotopic (exact) mass is 328 g/mol. The molecule has 2 N–H and O–H groups in total. The van der Waals surface area contributed by atoms with Gasteiger partial charge >= 0.3 is 0 Å². The summed E-state index contributed by atoms with van der Waals surface area (Å²) in [5.41, 5.74) is 1.83. The van der Waals surface area contributed by atoms with E-state index in [0.717, 1.165) is 50.5 Å². The van der Waals surface area contributed by atoms with Crippen molar-refractivity contribution in [3.05, 3.63) is 35.4 Å². The van der Waals surface area contributed by atoms with E-state index in [2.05, 4.69) is 29.7 Å². The summed E-state index contributed by atoms with van der Waals surface area (Å²) >= 11 is 0. The molecule has 3 rings (SSSR count). The van der Waals surface area contributed by atoms with Crippen molar-refractivity contribution < 1.29 is 9.59 Å². The molecule has 1 unspecified atom stereocenters. The summed E-state index contributed by atoms with van der Waals surface area (Å²) in [7, 11) is 0. The molecule has 1 aliphatic heterocycles. The number of hydrogen-bond donors (Lipinski definition) is 2. The molecule has 0 radical (unpaired) electrons. The zero-order valence-electron chi connectivity index (χ0n) is 14.6. The SMILES string of the molecule is Cc1ccccc1C1(C(=O)NC2CCCCNC2=O)CCCCC1. The third kappa shape index (κ3) is 3.33. The normalized spacial score (nSPS) is 23.9. The first-order valence-electron chi connectivity index (χ1n) is 9.28. The fourth-order valence-electron chi connectivity index (χ4n) is 4.26. The van der Waals surface area contributed by atoms with Gasteiger partial charge in [-0.3, -0.25) is 9.59 Å². The minimum atomic E-state index is -0.476. The zero-order valence-corrected chi connectivity index (χ0v) is 14.6. The smallest absolute Gasteiger partial charge is 0.242 e. The van der Waals surface area contributed by atoms with Gasteiger partial charge in [0.25, 0.3) is 0 Å². The maximum absolute atomic E-state index is 13.3. The molecular formula is C20H28N2O2. The standard InChI is InChI=1S/C20H28N2O2/c1-15-9-3-4-10-16(15)20(12-6-2-7-13-20)19(24)22-17-11-5-8-14-21-18(17)23/h3-4,9-10,17H,2,5-8,11-14H2,1H3,(H,21,23)(H,22,24). The van der Waals surface area contributed by atoms with Crippen molar-refractivity contribution in [1.29, 1.82) is 0 Å². The third-order valence-corrected chi connectivity index (χ3v) is 5.64. The predicted molar refractivity (Wildman–Crippen MR) is 94.7 cm³/mol. The molecule has 4 nitrogen and oxygen atoms in total. The van der Waals surface area contributed by atoms with E-state index in [0.29, 0.717) is 6.54 Å². The molecular weight excluding hydrogens is 300 g/mol. The molecule has 1 aromatic carbocycles. The molecule has 0 spiro atoms. The second kappa shape index (κ2) is 7.37. The van der Waals surface area contributed by atoms with E-state index in [1.165, 1.54) is 12.0 Å². The van der Waals surface area contributed by atoms with Crippen LogP contribution in [0.15, 0.2) is 24.3 Å². The Balaban J connectivity index is 1.87. The highest BCUT2D eigenvalue weighted by Crippen LogP contribution is 2.41. The minimum Gasteiger partial charge on any atom is -0.354 e. The predicted octanol–water partition coefficient (Wildman–Crippen LogP) is 2.98. The molecule has 24 heavy (non-hydrogen) atoms.